The Hall–Kier alpha value is -0.860. The first kappa shape index (κ1) is 14.5. The summed E-state index contributed by atoms with van der Waals surface area (Å²) in [6.45, 7) is 5.72. The first-order chi connectivity index (χ1) is 9.12. The lowest BCUT2D eigenvalue weighted by molar-refractivity contribution is 0.0498. The van der Waals surface area contributed by atoms with E-state index in [1.807, 2.05) is 6.92 Å². The van der Waals surface area contributed by atoms with Crippen LogP contribution in [-0.2, 0) is 6.42 Å². The highest BCUT2D eigenvalue weighted by Gasteiger charge is 2.22. The molecular formula is C17H27NO. The Kier molecular flexibility index (Phi) is 5.00. The van der Waals surface area contributed by atoms with Crippen LogP contribution in [0.15, 0.2) is 24.3 Å². The van der Waals surface area contributed by atoms with E-state index in [1.165, 1.54) is 30.4 Å². The maximum Gasteiger partial charge on any atom is 0.0743 e. The van der Waals surface area contributed by atoms with E-state index in [4.69, 9.17) is 0 Å². The van der Waals surface area contributed by atoms with Crippen LogP contribution < -0.4 is 5.32 Å². The molecule has 0 saturated heterocycles. The van der Waals surface area contributed by atoms with Gasteiger partial charge >= 0.3 is 0 Å². The number of fused-ring (bicyclic) bond motifs is 1. The molecule has 2 atom stereocenters. The van der Waals surface area contributed by atoms with Gasteiger partial charge in [0.1, 0.15) is 0 Å². The van der Waals surface area contributed by atoms with Gasteiger partial charge in [-0.1, -0.05) is 37.6 Å². The van der Waals surface area contributed by atoms with Gasteiger partial charge in [-0.3, -0.25) is 0 Å². The average Bonchev–Trinajstić information content (AvgIpc) is 2.39. The van der Waals surface area contributed by atoms with Crippen molar-refractivity contribution in [3.8, 4) is 0 Å². The van der Waals surface area contributed by atoms with Crippen LogP contribution in [0.25, 0.3) is 0 Å². The van der Waals surface area contributed by atoms with Crippen molar-refractivity contribution in [1.29, 1.82) is 0 Å². The van der Waals surface area contributed by atoms with Gasteiger partial charge < -0.3 is 10.4 Å². The fraction of sp³-hybridized carbons (Fsp3) is 0.647. The second-order valence-electron chi connectivity index (χ2n) is 6.17. The molecule has 2 N–H and O–H groups in total. The number of aliphatic hydroxyl groups is 1. The molecule has 2 unspecified atom stereocenters. The molecule has 0 aliphatic heterocycles. The minimum Gasteiger partial charge on any atom is -0.389 e. The monoisotopic (exact) mass is 261 g/mol. The summed E-state index contributed by atoms with van der Waals surface area (Å²) in [4.78, 5) is 0. The molecule has 1 aromatic rings. The zero-order chi connectivity index (χ0) is 13.7. The third-order valence-electron chi connectivity index (χ3n) is 4.18. The van der Waals surface area contributed by atoms with E-state index in [-0.39, 0.29) is 0 Å². The smallest absolute Gasteiger partial charge is 0.0743 e. The lowest BCUT2D eigenvalue weighted by Crippen LogP contribution is -2.39. The molecule has 0 fully saturated rings. The highest BCUT2D eigenvalue weighted by Crippen LogP contribution is 2.30. The summed E-state index contributed by atoms with van der Waals surface area (Å²) in [5, 5.41) is 13.6. The zero-order valence-electron chi connectivity index (χ0n) is 12.3. The molecule has 0 aromatic heterocycles. The number of hydrogen-bond donors (Lipinski definition) is 2. The summed E-state index contributed by atoms with van der Waals surface area (Å²) >= 11 is 0. The Morgan fingerprint density at radius 3 is 2.95 bits per heavy atom. The van der Waals surface area contributed by atoms with Crippen LogP contribution in [0.2, 0.25) is 0 Å². The van der Waals surface area contributed by atoms with Gasteiger partial charge in [0.25, 0.3) is 0 Å². The predicted octanol–water partition coefficient (Wildman–Crippen LogP) is 3.25. The van der Waals surface area contributed by atoms with E-state index >= 15 is 0 Å². The van der Waals surface area contributed by atoms with Crippen LogP contribution in [-0.4, -0.2) is 23.8 Å². The zero-order valence-corrected chi connectivity index (χ0v) is 12.3. The van der Waals surface area contributed by atoms with E-state index in [1.54, 1.807) is 0 Å². The highest BCUT2D eigenvalue weighted by molar-refractivity contribution is 5.32. The fourth-order valence-corrected chi connectivity index (χ4v) is 3.21. The Labute approximate surface area is 117 Å². The molecule has 2 nitrogen and oxygen atoms in total. The van der Waals surface area contributed by atoms with Crippen LogP contribution in [0, 0.1) is 0 Å². The second kappa shape index (κ2) is 6.53. The molecule has 1 aliphatic carbocycles. The van der Waals surface area contributed by atoms with Gasteiger partial charge in [-0.2, -0.15) is 0 Å². The van der Waals surface area contributed by atoms with Crippen LogP contribution in [0.3, 0.4) is 0 Å². The Bertz CT molecular complexity index is 400. The average molecular weight is 261 g/mol. The maximum atomic E-state index is 10.2. The molecule has 0 spiro atoms. The molecule has 0 amide bonds. The third kappa shape index (κ3) is 4.05. The summed E-state index contributed by atoms with van der Waals surface area (Å²) in [7, 11) is 0. The number of hydrogen-bond acceptors (Lipinski definition) is 2. The molecule has 0 heterocycles. The Morgan fingerprint density at radius 1 is 1.37 bits per heavy atom. The van der Waals surface area contributed by atoms with Crippen LogP contribution in [0.5, 0.6) is 0 Å². The largest absolute Gasteiger partial charge is 0.389 e. The summed E-state index contributed by atoms with van der Waals surface area (Å²) in [6, 6.07) is 8.81. The number of nitrogens with one attached hydrogen (secondary N) is 1. The topological polar surface area (TPSA) is 32.3 Å². The molecule has 19 heavy (non-hydrogen) atoms. The van der Waals surface area contributed by atoms with Crippen molar-refractivity contribution < 1.29 is 5.11 Å². The molecule has 0 saturated carbocycles. The predicted molar refractivity (Wildman–Crippen MR) is 80.5 cm³/mol. The normalized spacial score (nSPS) is 21.7. The van der Waals surface area contributed by atoms with Crippen LogP contribution in [0.4, 0.5) is 0 Å². The Balaban J connectivity index is 1.88. The van der Waals surface area contributed by atoms with Gasteiger partial charge in [0.05, 0.1) is 5.60 Å². The molecule has 106 valence electrons. The summed E-state index contributed by atoms with van der Waals surface area (Å²) in [5.74, 6) is 0.613. The van der Waals surface area contributed by atoms with Crippen LogP contribution >= 0.6 is 0 Å². The number of aryl methyl sites for hydroxylation is 1. The summed E-state index contributed by atoms with van der Waals surface area (Å²) in [6.07, 6.45) is 5.66. The quantitative estimate of drug-likeness (QED) is 0.824. The maximum absolute atomic E-state index is 10.2. The number of benzene rings is 1. The first-order valence-electron chi connectivity index (χ1n) is 7.63. The lowest BCUT2D eigenvalue weighted by Gasteiger charge is -2.28. The van der Waals surface area contributed by atoms with E-state index in [0.29, 0.717) is 12.5 Å². The van der Waals surface area contributed by atoms with Crippen molar-refractivity contribution in [1.82, 2.24) is 5.32 Å². The van der Waals surface area contributed by atoms with Crippen molar-refractivity contribution in [2.75, 3.05) is 13.1 Å². The molecule has 1 aliphatic rings. The molecule has 1 aromatic carbocycles. The number of rotatable bonds is 6. The van der Waals surface area contributed by atoms with Gasteiger partial charge in [-0.05, 0) is 49.7 Å². The van der Waals surface area contributed by atoms with Gasteiger partial charge in [-0.15, -0.1) is 0 Å². The van der Waals surface area contributed by atoms with Gasteiger partial charge in [0, 0.05) is 13.1 Å². The third-order valence-corrected chi connectivity index (χ3v) is 4.18. The van der Waals surface area contributed by atoms with Gasteiger partial charge in [0.2, 0.25) is 0 Å². The molecule has 0 radical (unpaired) electrons. The van der Waals surface area contributed by atoms with Crippen molar-refractivity contribution in [2.24, 2.45) is 0 Å². The SMILES string of the molecule is CCCC(C)(O)CNCC1CCCc2ccccc21. The van der Waals surface area contributed by atoms with Crippen LogP contribution in [0.1, 0.15) is 56.6 Å². The molecule has 2 rings (SSSR count). The summed E-state index contributed by atoms with van der Waals surface area (Å²) < 4.78 is 0. The first-order valence-corrected chi connectivity index (χ1v) is 7.63. The van der Waals surface area contributed by atoms with Crippen molar-refractivity contribution in [2.45, 2.75) is 57.5 Å². The van der Waals surface area contributed by atoms with E-state index < -0.39 is 5.60 Å². The van der Waals surface area contributed by atoms with Crippen molar-refractivity contribution in [3.05, 3.63) is 35.4 Å². The van der Waals surface area contributed by atoms with Crippen molar-refractivity contribution >= 4 is 0 Å². The van der Waals surface area contributed by atoms with Gasteiger partial charge in [0.15, 0.2) is 0 Å². The minimum atomic E-state index is -0.567. The molecule has 2 heteroatoms. The summed E-state index contributed by atoms with van der Waals surface area (Å²) in [5.41, 5.74) is 2.46. The Morgan fingerprint density at radius 2 is 2.16 bits per heavy atom. The van der Waals surface area contributed by atoms with E-state index in [9.17, 15) is 5.11 Å². The van der Waals surface area contributed by atoms with Gasteiger partial charge in [-0.25, -0.2) is 0 Å². The van der Waals surface area contributed by atoms with E-state index in [0.717, 1.165) is 19.4 Å². The molecule has 0 bridgehead atoms. The second-order valence-corrected chi connectivity index (χ2v) is 6.17. The molecular weight excluding hydrogens is 234 g/mol. The van der Waals surface area contributed by atoms with E-state index in [2.05, 4.69) is 36.5 Å². The standard InChI is InChI=1S/C17H27NO/c1-3-11-17(2,19)13-18-12-15-9-6-8-14-7-4-5-10-16(14)15/h4-5,7,10,15,18-19H,3,6,8-9,11-13H2,1-2H3. The minimum absolute atomic E-state index is 0.567. The van der Waals surface area contributed by atoms with Crippen molar-refractivity contribution in [3.63, 3.8) is 0 Å². The lowest BCUT2D eigenvalue weighted by atomic mass is 9.83. The fourth-order valence-electron chi connectivity index (χ4n) is 3.21. The highest BCUT2D eigenvalue weighted by atomic mass is 16.3.